The predicted octanol–water partition coefficient (Wildman–Crippen LogP) is 4.53. The fourth-order valence-electron chi connectivity index (χ4n) is 5.71. The average Bonchev–Trinajstić information content (AvgIpc) is 2.96. The number of aryl methyl sites for hydroxylation is 1. The quantitative estimate of drug-likeness (QED) is 0.375. The lowest BCUT2D eigenvalue weighted by Crippen LogP contribution is -2.53. The van der Waals surface area contributed by atoms with Crippen molar-refractivity contribution in [2.75, 3.05) is 37.7 Å². The number of fused-ring (bicyclic) bond motifs is 2. The van der Waals surface area contributed by atoms with Crippen LogP contribution in [-0.4, -0.2) is 53.3 Å². The summed E-state index contributed by atoms with van der Waals surface area (Å²) in [5.41, 5.74) is 4.51. The Kier molecular flexibility index (Phi) is 6.63. The van der Waals surface area contributed by atoms with Gasteiger partial charge in [-0.2, -0.15) is 5.26 Å². The largest absolute Gasteiger partial charge is 0.486 e. The van der Waals surface area contributed by atoms with Crippen LogP contribution in [0, 0.1) is 11.3 Å². The van der Waals surface area contributed by atoms with Gasteiger partial charge in [0.2, 0.25) is 0 Å². The van der Waals surface area contributed by atoms with Crippen LogP contribution in [0.4, 0.5) is 5.69 Å². The normalized spacial score (nSPS) is 18.1. The van der Waals surface area contributed by atoms with Crippen LogP contribution in [0.3, 0.4) is 0 Å². The van der Waals surface area contributed by atoms with Crippen molar-refractivity contribution < 1.29 is 9.47 Å². The third-order valence-corrected chi connectivity index (χ3v) is 7.85. The highest BCUT2D eigenvalue weighted by Gasteiger charge is 2.34. The van der Waals surface area contributed by atoms with Gasteiger partial charge in [0.25, 0.3) is 5.56 Å². The topological polar surface area (TPSA) is 83.6 Å². The number of rotatable bonds is 4. The van der Waals surface area contributed by atoms with Crippen molar-refractivity contribution >= 4 is 28.3 Å². The molecule has 198 valence electrons. The molecule has 0 aliphatic carbocycles. The number of benzene rings is 2. The van der Waals surface area contributed by atoms with Crippen molar-refractivity contribution in [1.29, 1.82) is 5.26 Å². The Morgan fingerprint density at radius 1 is 1.08 bits per heavy atom. The maximum atomic E-state index is 12.9. The summed E-state index contributed by atoms with van der Waals surface area (Å²) in [5.74, 6) is 1.54. The first-order chi connectivity index (χ1) is 18.9. The summed E-state index contributed by atoms with van der Waals surface area (Å²) in [5, 5.41) is 10.1. The molecule has 2 aromatic carbocycles. The molecule has 1 fully saturated rings. The van der Waals surface area contributed by atoms with Crippen LogP contribution in [0.2, 0.25) is 5.02 Å². The second-order valence-electron chi connectivity index (χ2n) is 9.97. The Bertz CT molecular complexity index is 1650. The number of ether oxygens (including phenoxy) is 2. The van der Waals surface area contributed by atoms with Gasteiger partial charge < -0.3 is 18.9 Å². The van der Waals surface area contributed by atoms with E-state index in [1.807, 2.05) is 24.3 Å². The Morgan fingerprint density at radius 3 is 2.64 bits per heavy atom. The molecule has 6 rings (SSSR count). The Morgan fingerprint density at radius 2 is 1.87 bits per heavy atom. The van der Waals surface area contributed by atoms with Gasteiger partial charge in [-0.25, -0.2) is 4.98 Å². The number of hydrogen-bond acceptors (Lipinski definition) is 7. The standard InChI is InChI=1S/C30H28ClN5O3/c1-19-18-35(12-13-36(19)25-16-27(37)34(2)24-11-10-22(17-32)33-28(24)25)29(20-6-8-21(31)9-7-20)23-4-3-5-26-30(23)39-15-14-38-26/h3-11,16,19,29H,12-15,18H2,1-2H3/t19-,29?/m0/s1. The fourth-order valence-corrected chi connectivity index (χ4v) is 5.84. The summed E-state index contributed by atoms with van der Waals surface area (Å²) in [6.45, 7) is 5.34. The lowest BCUT2D eigenvalue weighted by molar-refractivity contribution is 0.156. The van der Waals surface area contributed by atoms with E-state index in [1.165, 1.54) is 0 Å². The highest BCUT2D eigenvalue weighted by molar-refractivity contribution is 6.30. The van der Waals surface area contributed by atoms with Crippen LogP contribution in [0.25, 0.3) is 11.0 Å². The van der Waals surface area contributed by atoms with Crippen LogP contribution in [0.1, 0.15) is 29.8 Å². The van der Waals surface area contributed by atoms with Gasteiger partial charge in [-0.1, -0.05) is 35.9 Å². The van der Waals surface area contributed by atoms with Gasteiger partial charge in [-0.3, -0.25) is 9.69 Å². The van der Waals surface area contributed by atoms with E-state index in [9.17, 15) is 10.1 Å². The fraction of sp³-hybridized carbons (Fsp3) is 0.300. The molecule has 1 unspecified atom stereocenters. The molecule has 8 nitrogen and oxygen atoms in total. The summed E-state index contributed by atoms with van der Waals surface area (Å²) >= 11 is 6.25. The first kappa shape index (κ1) is 25.2. The zero-order chi connectivity index (χ0) is 27.1. The van der Waals surface area contributed by atoms with E-state index < -0.39 is 0 Å². The molecule has 0 amide bonds. The van der Waals surface area contributed by atoms with Crippen LogP contribution in [0.5, 0.6) is 11.5 Å². The SMILES string of the molecule is C[C@H]1CN(C(c2ccc(Cl)cc2)c2cccc3c2OCCO3)CCN1c1cc(=O)n(C)c2ccc(C#N)nc12. The van der Waals surface area contributed by atoms with Crippen LogP contribution in [0.15, 0.2) is 65.5 Å². The minimum Gasteiger partial charge on any atom is -0.486 e. The van der Waals surface area contributed by atoms with Gasteiger partial charge in [0.05, 0.1) is 17.2 Å². The molecule has 4 heterocycles. The molecule has 2 aromatic heterocycles. The molecule has 9 heteroatoms. The molecule has 4 aromatic rings. The maximum absolute atomic E-state index is 12.9. The molecular formula is C30H28ClN5O3. The minimum atomic E-state index is -0.106. The Balaban J connectivity index is 1.39. The summed E-state index contributed by atoms with van der Waals surface area (Å²) < 4.78 is 13.6. The summed E-state index contributed by atoms with van der Waals surface area (Å²) in [7, 11) is 1.73. The molecule has 0 saturated carbocycles. The molecule has 0 N–H and O–H groups in total. The van der Waals surface area contributed by atoms with E-state index >= 15 is 0 Å². The molecular weight excluding hydrogens is 514 g/mol. The lowest BCUT2D eigenvalue weighted by atomic mass is 9.94. The van der Waals surface area contributed by atoms with Crippen molar-refractivity contribution in [1.82, 2.24) is 14.5 Å². The first-order valence-electron chi connectivity index (χ1n) is 13.0. The molecule has 2 aliphatic heterocycles. The van der Waals surface area contributed by atoms with Crippen molar-refractivity contribution in [3.8, 4) is 17.6 Å². The van der Waals surface area contributed by atoms with Gasteiger partial charge in [0, 0.05) is 49.4 Å². The smallest absolute Gasteiger partial charge is 0.252 e. The van der Waals surface area contributed by atoms with E-state index in [0.717, 1.165) is 41.4 Å². The highest BCUT2D eigenvalue weighted by atomic mass is 35.5. The summed E-state index contributed by atoms with van der Waals surface area (Å²) in [6, 6.07) is 21.2. The molecule has 0 radical (unpaired) electrons. The number of piperazine rings is 1. The second-order valence-corrected chi connectivity index (χ2v) is 10.4. The van der Waals surface area contributed by atoms with E-state index in [4.69, 9.17) is 21.1 Å². The number of nitrogens with zero attached hydrogens (tertiary/aromatic N) is 5. The molecule has 2 aliphatic rings. The van der Waals surface area contributed by atoms with Crippen LogP contribution in [-0.2, 0) is 7.05 Å². The Hall–Kier alpha value is -4.06. The van der Waals surface area contributed by atoms with Crippen molar-refractivity contribution in [2.45, 2.75) is 19.0 Å². The zero-order valence-electron chi connectivity index (χ0n) is 21.8. The number of nitriles is 1. The highest BCUT2D eigenvalue weighted by Crippen LogP contribution is 2.42. The molecule has 2 atom stereocenters. The number of hydrogen-bond donors (Lipinski definition) is 0. The van der Waals surface area contributed by atoms with Crippen molar-refractivity contribution in [3.05, 3.63) is 92.9 Å². The summed E-state index contributed by atoms with van der Waals surface area (Å²) in [6.07, 6.45) is 0. The van der Waals surface area contributed by atoms with Crippen molar-refractivity contribution in [3.63, 3.8) is 0 Å². The molecule has 0 bridgehead atoms. The van der Waals surface area contributed by atoms with Crippen LogP contribution < -0.4 is 19.9 Å². The average molecular weight is 542 g/mol. The molecule has 0 spiro atoms. The zero-order valence-corrected chi connectivity index (χ0v) is 22.6. The van der Waals surface area contributed by atoms with E-state index in [-0.39, 0.29) is 17.6 Å². The van der Waals surface area contributed by atoms with E-state index in [0.29, 0.717) is 41.5 Å². The van der Waals surface area contributed by atoms with Crippen molar-refractivity contribution in [2.24, 2.45) is 7.05 Å². The lowest BCUT2D eigenvalue weighted by Gasteiger charge is -2.45. The first-order valence-corrected chi connectivity index (χ1v) is 13.4. The predicted molar refractivity (Wildman–Crippen MR) is 151 cm³/mol. The van der Waals surface area contributed by atoms with E-state index in [1.54, 1.807) is 29.8 Å². The van der Waals surface area contributed by atoms with Gasteiger partial charge in [0.1, 0.15) is 30.5 Å². The number of para-hydroxylation sites is 1. The second kappa shape index (κ2) is 10.3. The number of halogens is 1. The number of aromatic nitrogens is 2. The summed E-state index contributed by atoms with van der Waals surface area (Å²) in [4.78, 5) is 22.1. The molecule has 1 saturated heterocycles. The minimum absolute atomic E-state index is 0.0631. The van der Waals surface area contributed by atoms with Gasteiger partial charge in [-0.05, 0) is 42.8 Å². The van der Waals surface area contributed by atoms with E-state index in [2.05, 4.69) is 46.0 Å². The van der Waals surface area contributed by atoms with Gasteiger partial charge in [-0.15, -0.1) is 0 Å². The van der Waals surface area contributed by atoms with Gasteiger partial charge >= 0.3 is 0 Å². The number of pyridine rings is 2. The van der Waals surface area contributed by atoms with Crippen LogP contribution >= 0.6 is 11.6 Å². The molecule has 39 heavy (non-hydrogen) atoms. The Labute approximate surface area is 231 Å². The monoisotopic (exact) mass is 541 g/mol. The maximum Gasteiger partial charge on any atom is 0.252 e. The third kappa shape index (κ3) is 4.58. The third-order valence-electron chi connectivity index (χ3n) is 7.59. The van der Waals surface area contributed by atoms with Gasteiger partial charge in [0.15, 0.2) is 11.5 Å². The number of anilines is 1.